The summed E-state index contributed by atoms with van der Waals surface area (Å²) in [7, 11) is -3.50. The molecule has 2 aliphatic rings. The number of benzene rings is 1. The number of hydrogen-bond donors (Lipinski definition) is 0. The summed E-state index contributed by atoms with van der Waals surface area (Å²) in [5.41, 5.74) is 0.614. The van der Waals surface area contributed by atoms with Crippen LogP contribution in [0.25, 0.3) is 0 Å². The Morgan fingerprint density at radius 3 is 2.39 bits per heavy atom. The van der Waals surface area contributed by atoms with Gasteiger partial charge in [0.25, 0.3) is 0 Å². The van der Waals surface area contributed by atoms with E-state index in [9.17, 15) is 13.2 Å². The van der Waals surface area contributed by atoms with Crippen LogP contribution in [0.2, 0.25) is 0 Å². The molecule has 1 saturated carbocycles. The van der Waals surface area contributed by atoms with Gasteiger partial charge in [-0.3, -0.25) is 4.79 Å². The van der Waals surface area contributed by atoms with Crippen LogP contribution in [0.1, 0.15) is 45.1 Å². The molecular formula is C18H25NO3S. The molecular weight excluding hydrogens is 310 g/mol. The van der Waals surface area contributed by atoms with Crippen LogP contribution in [0, 0.1) is 17.8 Å². The summed E-state index contributed by atoms with van der Waals surface area (Å²) in [5, 5.41) is 0. The average Bonchev–Trinajstić information content (AvgIpc) is 2.45. The molecule has 2 atom stereocenters. The van der Waals surface area contributed by atoms with Crippen LogP contribution in [0.3, 0.4) is 0 Å². The summed E-state index contributed by atoms with van der Waals surface area (Å²) < 4.78 is 27.7. The van der Waals surface area contributed by atoms with Gasteiger partial charge in [0.15, 0.2) is 0 Å². The number of Topliss-reactive ketones (excluding diaryl/α,β-unsaturated/α-hetero) is 1. The number of fused-ring (bicyclic) bond motifs is 2. The molecule has 2 unspecified atom stereocenters. The zero-order chi connectivity index (χ0) is 16.9. The van der Waals surface area contributed by atoms with Gasteiger partial charge in [0, 0.05) is 25.9 Å². The number of carbonyl (C=O) groups is 1. The fourth-order valence-electron chi connectivity index (χ4n) is 4.46. The molecule has 23 heavy (non-hydrogen) atoms. The maximum absolute atomic E-state index is 13.1. The van der Waals surface area contributed by atoms with Crippen molar-refractivity contribution < 1.29 is 13.2 Å². The Bertz CT molecular complexity index is 725. The normalized spacial score (nSPS) is 32.0. The predicted octanol–water partition coefficient (Wildman–Crippen LogP) is 3.16. The summed E-state index contributed by atoms with van der Waals surface area (Å²) in [4.78, 5) is 12.5. The molecule has 0 spiro atoms. The number of aryl methyl sites for hydroxylation is 1. The molecule has 1 saturated heterocycles. The number of nitrogens with zero attached hydrogens (tertiary/aromatic N) is 1. The van der Waals surface area contributed by atoms with E-state index in [0.29, 0.717) is 30.8 Å². The van der Waals surface area contributed by atoms with Gasteiger partial charge in [-0.15, -0.1) is 0 Å². The minimum Gasteiger partial charge on any atom is -0.300 e. The topological polar surface area (TPSA) is 54.5 Å². The Morgan fingerprint density at radius 2 is 1.78 bits per heavy atom. The second-order valence-electron chi connectivity index (χ2n) is 7.82. The lowest BCUT2D eigenvalue weighted by Crippen LogP contribution is -2.57. The van der Waals surface area contributed by atoms with Crippen molar-refractivity contribution in [3.05, 3.63) is 29.8 Å². The molecule has 0 amide bonds. The van der Waals surface area contributed by atoms with E-state index in [1.807, 2.05) is 19.1 Å². The molecule has 1 heterocycles. The molecule has 2 bridgehead atoms. The lowest BCUT2D eigenvalue weighted by molar-refractivity contribution is -0.133. The van der Waals surface area contributed by atoms with E-state index in [2.05, 4.69) is 13.8 Å². The molecule has 1 aliphatic heterocycles. The Labute approximate surface area is 138 Å². The number of carbonyl (C=O) groups excluding carboxylic acids is 1. The van der Waals surface area contributed by atoms with Gasteiger partial charge in [0.2, 0.25) is 10.0 Å². The van der Waals surface area contributed by atoms with Crippen LogP contribution in [-0.4, -0.2) is 31.6 Å². The summed E-state index contributed by atoms with van der Waals surface area (Å²) in [5.74, 6) is 0.285. The molecule has 0 aromatic heterocycles. The maximum atomic E-state index is 13.1. The first-order valence-corrected chi connectivity index (χ1v) is 9.71. The third kappa shape index (κ3) is 2.96. The highest BCUT2D eigenvalue weighted by Crippen LogP contribution is 2.52. The number of hydrogen-bond acceptors (Lipinski definition) is 3. The average molecular weight is 335 g/mol. The fraction of sp³-hybridized carbons (Fsp3) is 0.611. The van der Waals surface area contributed by atoms with Crippen LogP contribution in [0.4, 0.5) is 0 Å². The first-order chi connectivity index (χ1) is 10.7. The summed E-state index contributed by atoms with van der Waals surface area (Å²) in [6, 6.07) is 7.03. The highest BCUT2D eigenvalue weighted by Gasteiger charge is 2.52. The molecule has 0 N–H and O–H groups in total. The van der Waals surface area contributed by atoms with E-state index in [0.717, 1.165) is 18.4 Å². The molecule has 1 aliphatic carbocycles. The molecule has 126 valence electrons. The Balaban J connectivity index is 1.97. The zero-order valence-corrected chi connectivity index (χ0v) is 14.9. The molecule has 4 nitrogen and oxygen atoms in total. The van der Waals surface area contributed by atoms with E-state index >= 15 is 0 Å². The van der Waals surface area contributed by atoms with Crippen LogP contribution in [0.5, 0.6) is 0 Å². The second kappa shape index (κ2) is 5.42. The van der Waals surface area contributed by atoms with Gasteiger partial charge < -0.3 is 0 Å². The van der Waals surface area contributed by atoms with Crippen molar-refractivity contribution in [3.8, 4) is 0 Å². The van der Waals surface area contributed by atoms with Gasteiger partial charge in [-0.1, -0.05) is 31.5 Å². The number of rotatable bonds is 3. The van der Waals surface area contributed by atoms with Crippen molar-refractivity contribution >= 4 is 15.8 Å². The molecule has 0 radical (unpaired) electrons. The predicted molar refractivity (Wildman–Crippen MR) is 89.6 cm³/mol. The van der Waals surface area contributed by atoms with Crippen molar-refractivity contribution in [2.75, 3.05) is 13.1 Å². The summed E-state index contributed by atoms with van der Waals surface area (Å²) >= 11 is 0. The van der Waals surface area contributed by atoms with Crippen molar-refractivity contribution in [2.24, 2.45) is 10.8 Å². The van der Waals surface area contributed by atoms with Crippen molar-refractivity contribution in [1.82, 2.24) is 4.31 Å². The smallest absolute Gasteiger partial charge is 0.243 e. The van der Waals surface area contributed by atoms with E-state index in [-0.39, 0.29) is 16.6 Å². The SMILES string of the molecule is CCC12CC(=O)CC(C)(CN(S(=O)(=O)c3ccc(C)cc3)C1)C2. The van der Waals surface area contributed by atoms with Gasteiger partial charge in [-0.05, 0) is 42.7 Å². The zero-order valence-electron chi connectivity index (χ0n) is 14.1. The molecule has 5 heteroatoms. The van der Waals surface area contributed by atoms with Crippen LogP contribution in [0.15, 0.2) is 29.2 Å². The third-order valence-corrected chi connectivity index (χ3v) is 7.28. The second-order valence-corrected chi connectivity index (χ2v) is 9.76. The van der Waals surface area contributed by atoms with E-state index in [4.69, 9.17) is 0 Å². The number of ketones is 1. The quantitative estimate of drug-likeness (QED) is 0.852. The van der Waals surface area contributed by atoms with Crippen LogP contribution >= 0.6 is 0 Å². The lowest BCUT2D eigenvalue weighted by Gasteiger charge is -2.53. The lowest BCUT2D eigenvalue weighted by atomic mass is 9.59. The molecule has 1 aromatic rings. The molecule has 3 rings (SSSR count). The standard InChI is InChI=1S/C18H25NO3S/c1-4-18-10-15(20)9-17(3,11-18)12-19(13-18)23(21,22)16-7-5-14(2)6-8-16/h5-8H,4,9-13H2,1-3H3. The monoisotopic (exact) mass is 335 g/mol. The Kier molecular flexibility index (Phi) is 3.92. The third-order valence-electron chi connectivity index (χ3n) is 5.48. The van der Waals surface area contributed by atoms with Gasteiger partial charge >= 0.3 is 0 Å². The van der Waals surface area contributed by atoms with Gasteiger partial charge in [0.05, 0.1) is 4.90 Å². The Morgan fingerprint density at radius 1 is 1.13 bits per heavy atom. The highest BCUT2D eigenvalue weighted by atomic mass is 32.2. The van der Waals surface area contributed by atoms with Crippen molar-refractivity contribution in [1.29, 1.82) is 0 Å². The minimum absolute atomic E-state index is 0.194. The highest BCUT2D eigenvalue weighted by molar-refractivity contribution is 7.89. The van der Waals surface area contributed by atoms with Gasteiger partial charge in [0.1, 0.15) is 5.78 Å². The van der Waals surface area contributed by atoms with Gasteiger partial charge in [-0.25, -0.2) is 8.42 Å². The first-order valence-electron chi connectivity index (χ1n) is 8.27. The minimum atomic E-state index is -3.50. The fourth-order valence-corrected chi connectivity index (χ4v) is 6.16. The molecule has 2 fully saturated rings. The number of sulfonamides is 1. The van der Waals surface area contributed by atoms with Gasteiger partial charge in [-0.2, -0.15) is 4.31 Å². The van der Waals surface area contributed by atoms with E-state index in [1.54, 1.807) is 16.4 Å². The van der Waals surface area contributed by atoms with Crippen LogP contribution in [-0.2, 0) is 14.8 Å². The summed E-state index contributed by atoms with van der Waals surface area (Å²) in [6.45, 7) is 6.98. The largest absolute Gasteiger partial charge is 0.300 e. The number of piperidine rings is 1. The first kappa shape index (κ1) is 16.7. The Hall–Kier alpha value is -1.20. The van der Waals surface area contributed by atoms with E-state index < -0.39 is 10.0 Å². The maximum Gasteiger partial charge on any atom is 0.243 e. The van der Waals surface area contributed by atoms with Crippen molar-refractivity contribution in [3.63, 3.8) is 0 Å². The summed E-state index contributed by atoms with van der Waals surface area (Å²) in [6.07, 6.45) is 2.80. The van der Waals surface area contributed by atoms with E-state index in [1.165, 1.54) is 0 Å². The van der Waals surface area contributed by atoms with Crippen molar-refractivity contribution in [2.45, 2.75) is 51.3 Å². The molecule has 1 aromatic carbocycles. The van der Waals surface area contributed by atoms with Crippen LogP contribution < -0.4 is 0 Å².